The molecular weight excluding hydrogens is 306 g/mol. The first-order valence-corrected chi connectivity index (χ1v) is 5.93. The number of ether oxygens (including phenoxy) is 1. The van der Waals surface area contributed by atoms with Gasteiger partial charge in [0.05, 0.1) is 25.0 Å². The number of hydrogen-bond donors (Lipinski definition) is 0. The van der Waals surface area contributed by atoms with Gasteiger partial charge in [0.1, 0.15) is 4.47 Å². The molecule has 0 aliphatic carbocycles. The van der Waals surface area contributed by atoms with Crippen LogP contribution in [-0.2, 0) is 16.1 Å². The van der Waals surface area contributed by atoms with Crippen LogP contribution < -0.4 is 0 Å². The fourth-order valence-corrected chi connectivity index (χ4v) is 1.77. The number of carbonyl (C=O) groups is 1. The van der Waals surface area contributed by atoms with Crippen LogP contribution in [0.15, 0.2) is 22.3 Å². The van der Waals surface area contributed by atoms with Gasteiger partial charge in [0.2, 0.25) is 0 Å². The summed E-state index contributed by atoms with van der Waals surface area (Å²) in [7, 11) is 1.31. The van der Waals surface area contributed by atoms with Gasteiger partial charge in [-0.1, -0.05) is 13.0 Å². The number of rotatable bonds is 5. The van der Waals surface area contributed by atoms with Crippen molar-refractivity contribution in [1.29, 1.82) is 0 Å². The number of halogens is 1. The standard InChI is InChI=1S/C10H12BrN3O4/c1-3-7(10(15)18-2)4-5-13-6-8(11)9(12-13)14(16)17/h4,6H,3,5H2,1-2H3. The molecule has 7 nitrogen and oxygen atoms in total. The maximum atomic E-state index is 11.3. The van der Waals surface area contributed by atoms with Crippen molar-refractivity contribution in [3.05, 3.63) is 32.4 Å². The summed E-state index contributed by atoms with van der Waals surface area (Å²) < 4.78 is 6.28. The van der Waals surface area contributed by atoms with E-state index in [0.29, 0.717) is 16.5 Å². The minimum atomic E-state index is -0.578. The normalized spacial score (nSPS) is 11.4. The molecule has 0 radical (unpaired) electrons. The van der Waals surface area contributed by atoms with E-state index in [9.17, 15) is 14.9 Å². The van der Waals surface area contributed by atoms with Crippen molar-refractivity contribution in [3.63, 3.8) is 0 Å². The summed E-state index contributed by atoms with van der Waals surface area (Å²) in [5.41, 5.74) is 0.506. The van der Waals surface area contributed by atoms with E-state index in [4.69, 9.17) is 0 Å². The smallest absolute Gasteiger partial charge is 0.404 e. The predicted octanol–water partition coefficient (Wildman–Crippen LogP) is 2.06. The molecule has 0 aliphatic heterocycles. The first kappa shape index (κ1) is 14.4. The van der Waals surface area contributed by atoms with Gasteiger partial charge in [-0.3, -0.25) is 0 Å². The van der Waals surface area contributed by atoms with E-state index in [0.717, 1.165) is 0 Å². The Morgan fingerprint density at radius 1 is 1.72 bits per heavy atom. The molecule has 98 valence electrons. The van der Waals surface area contributed by atoms with Crippen LogP contribution in [0, 0.1) is 10.1 Å². The average Bonchev–Trinajstić information content (AvgIpc) is 2.71. The van der Waals surface area contributed by atoms with E-state index in [1.54, 1.807) is 6.08 Å². The summed E-state index contributed by atoms with van der Waals surface area (Å²) in [5.74, 6) is -0.655. The third-order valence-corrected chi connectivity index (χ3v) is 2.78. The maximum absolute atomic E-state index is 11.3. The summed E-state index contributed by atoms with van der Waals surface area (Å²) in [6.07, 6.45) is 3.64. The van der Waals surface area contributed by atoms with Crippen molar-refractivity contribution in [2.45, 2.75) is 19.9 Å². The number of nitro groups is 1. The molecular formula is C10H12BrN3O4. The Bertz CT molecular complexity index is 495. The molecule has 0 bridgehead atoms. The molecule has 0 aliphatic rings. The Morgan fingerprint density at radius 2 is 2.39 bits per heavy atom. The number of nitrogens with zero attached hydrogens (tertiary/aromatic N) is 3. The third kappa shape index (κ3) is 3.39. The lowest BCUT2D eigenvalue weighted by molar-refractivity contribution is -0.390. The molecule has 18 heavy (non-hydrogen) atoms. The van der Waals surface area contributed by atoms with Gasteiger partial charge in [-0.15, -0.1) is 0 Å². The van der Waals surface area contributed by atoms with Crippen molar-refractivity contribution in [2.75, 3.05) is 7.11 Å². The van der Waals surface area contributed by atoms with Gasteiger partial charge in [0, 0.05) is 5.57 Å². The van der Waals surface area contributed by atoms with Crippen LogP contribution in [0.1, 0.15) is 13.3 Å². The van der Waals surface area contributed by atoms with Crippen molar-refractivity contribution in [1.82, 2.24) is 9.78 Å². The number of carbonyl (C=O) groups excluding carboxylic acids is 1. The summed E-state index contributed by atoms with van der Waals surface area (Å²) in [5, 5.41) is 14.4. The summed E-state index contributed by atoms with van der Waals surface area (Å²) in [4.78, 5) is 21.3. The zero-order valence-electron chi connectivity index (χ0n) is 9.92. The summed E-state index contributed by atoms with van der Waals surface area (Å²) in [6.45, 7) is 2.09. The molecule has 0 spiro atoms. The Morgan fingerprint density at radius 3 is 2.83 bits per heavy atom. The molecule has 0 amide bonds. The van der Waals surface area contributed by atoms with E-state index >= 15 is 0 Å². The lowest BCUT2D eigenvalue weighted by Gasteiger charge is -2.00. The van der Waals surface area contributed by atoms with Gasteiger partial charge in [0.15, 0.2) is 0 Å². The molecule has 0 saturated carbocycles. The highest BCUT2D eigenvalue weighted by molar-refractivity contribution is 9.10. The van der Waals surface area contributed by atoms with Gasteiger partial charge in [-0.05, 0) is 27.3 Å². The van der Waals surface area contributed by atoms with Gasteiger partial charge in [-0.25, -0.2) is 4.79 Å². The molecule has 8 heteroatoms. The van der Waals surface area contributed by atoms with Gasteiger partial charge >= 0.3 is 11.8 Å². The maximum Gasteiger partial charge on any atom is 0.404 e. The quantitative estimate of drug-likeness (QED) is 0.359. The second kappa shape index (κ2) is 6.29. The minimum Gasteiger partial charge on any atom is -0.466 e. The average molecular weight is 318 g/mol. The number of methoxy groups -OCH3 is 1. The molecule has 0 aromatic carbocycles. The fourth-order valence-electron chi connectivity index (χ4n) is 1.31. The summed E-state index contributed by atoms with van der Waals surface area (Å²) >= 11 is 3.05. The van der Waals surface area contributed by atoms with E-state index in [1.165, 1.54) is 18.0 Å². The first-order valence-electron chi connectivity index (χ1n) is 5.14. The SMILES string of the molecule is CCC(=CCn1cc(Br)c([N+](=O)[O-])n1)C(=O)OC. The lowest BCUT2D eigenvalue weighted by atomic mass is 10.2. The van der Waals surface area contributed by atoms with E-state index in [2.05, 4.69) is 25.8 Å². The zero-order chi connectivity index (χ0) is 13.7. The Labute approximate surface area is 112 Å². The second-order valence-electron chi connectivity index (χ2n) is 3.35. The Hall–Kier alpha value is -1.70. The van der Waals surface area contributed by atoms with Gasteiger partial charge in [0.25, 0.3) is 0 Å². The van der Waals surface area contributed by atoms with Gasteiger partial charge in [-0.2, -0.15) is 4.68 Å². The fraction of sp³-hybridized carbons (Fsp3) is 0.400. The molecule has 1 aromatic heterocycles. The van der Waals surface area contributed by atoms with Crippen LogP contribution in [0.25, 0.3) is 0 Å². The third-order valence-electron chi connectivity index (χ3n) is 2.23. The van der Waals surface area contributed by atoms with Crippen LogP contribution in [0.5, 0.6) is 0 Å². The molecule has 0 atom stereocenters. The molecule has 0 unspecified atom stereocenters. The summed E-state index contributed by atoms with van der Waals surface area (Å²) in [6, 6.07) is 0. The molecule has 0 N–H and O–H groups in total. The topological polar surface area (TPSA) is 87.3 Å². The number of hydrogen-bond acceptors (Lipinski definition) is 5. The lowest BCUT2D eigenvalue weighted by Crippen LogP contribution is -2.06. The van der Waals surface area contributed by atoms with E-state index in [1.807, 2.05) is 6.92 Å². The Kier molecular flexibility index (Phi) is 5.02. The highest BCUT2D eigenvalue weighted by Gasteiger charge is 2.18. The van der Waals surface area contributed by atoms with Crippen molar-refractivity contribution in [3.8, 4) is 0 Å². The molecule has 0 saturated heterocycles. The van der Waals surface area contributed by atoms with E-state index in [-0.39, 0.29) is 12.4 Å². The molecule has 1 rings (SSSR count). The van der Waals surface area contributed by atoms with Crippen molar-refractivity contribution in [2.24, 2.45) is 0 Å². The minimum absolute atomic E-state index is 0.250. The number of allylic oxidation sites excluding steroid dienone is 1. The van der Waals surface area contributed by atoms with Crippen molar-refractivity contribution >= 4 is 27.7 Å². The number of esters is 1. The van der Waals surface area contributed by atoms with Crippen LogP contribution in [-0.4, -0.2) is 27.8 Å². The highest BCUT2D eigenvalue weighted by atomic mass is 79.9. The monoisotopic (exact) mass is 317 g/mol. The van der Waals surface area contributed by atoms with Crippen LogP contribution in [0.2, 0.25) is 0 Å². The van der Waals surface area contributed by atoms with Crippen LogP contribution in [0.3, 0.4) is 0 Å². The van der Waals surface area contributed by atoms with Crippen LogP contribution in [0.4, 0.5) is 5.82 Å². The van der Waals surface area contributed by atoms with E-state index < -0.39 is 10.9 Å². The molecule has 1 aromatic rings. The van der Waals surface area contributed by atoms with Crippen molar-refractivity contribution < 1.29 is 14.5 Å². The largest absolute Gasteiger partial charge is 0.466 e. The highest BCUT2D eigenvalue weighted by Crippen LogP contribution is 2.22. The predicted molar refractivity (Wildman–Crippen MR) is 67.0 cm³/mol. The second-order valence-corrected chi connectivity index (χ2v) is 4.21. The number of aromatic nitrogens is 2. The van der Waals surface area contributed by atoms with Crippen LogP contribution >= 0.6 is 15.9 Å². The zero-order valence-corrected chi connectivity index (χ0v) is 11.5. The molecule has 0 fully saturated rings. The first-order chi connectivity index (χ1) is 8.49. The van der Waals surface area contributed by atoms with Gasteiger partial charge < -0.3 is 14.9 Å². The molecule has 1 heterocycles. The Balaban J connectivity index is 2.85.